The van der Waals surface area contributed by atoms with Crippen LogP contribution in [0.2, 0.25) is 0 Å². The Morgan fingerprint density at radius 2 is 2.00 bits per heavy atom. The van der Waals surface area contributed by atoms with Crippen LogP contribution in [0.15, 0.2) is 29.3 Å². The molecule has 1 aromatic heterocycles. The maximum absolute atomic E-state index is 12.4. The van der Waals surface area contributed by atoms with Crippen molar-refractivity contribution >= 4 is 39.3 Å². The van der Waals surface area contributed by atoms with Crippen LogP contribution in [0.5, 0.6) is 0 Å². The Balaban J connectivity index is 2.40. The van der Waals surface area contributed by atoms with E-state index in [-0.39, 0.29) is 29.3 Å². The van der Waals surface area contributed by atoms with E-state index < -0.39 is 33.2 Å². The summed E-state index contributed by atoms with van der Waals surface area (Å²) in [5.74, 6) is -1.49. The first-order valence-corrected chi connectivity index (χ1v) is 9.15. The average molecular weight is 368 g/mol. The van der Waals surface area contributed by atoms with Crippen molar-refractivity contribution in [2.75, 3.05) is 6.26 Å². The zero-order valence-corrected chi connectivity index (χ0v) is 14.4. The van der Waals surface area contributed by atoms with Crippen LogP contribution in [0.4, 0.5) is 0 Å². The van der Waals surface area contributed by atoms with Crippen LogP contribution in [0, 0.1) is 0 Å². The summed E-state index contributed by atoms with van der Waals surface area (Å²) in [4.78, 5) is 27.8. The molecule has 1 heterocycles. The van der Waals surface area contributed by atoms with Crippen molar-refractivity contribution in [1.82, 2.24) is 9.55 Å². The van der Waals surface area contributed by atoms with Crippen molar-refractivity contribution in [2.45, 2.75) is 24.6 Å². The molecule has 0 bridgehead atoms. The first kappa shape index (κ1) is 19.1. The van der Waals surface area contributed by atoms with Crippen molar-refractivity contribution in [3.63, 3.8) is 0 Å². The smallest absolute Gasteiger partial charge is 0.480 e. The van der Waals surface area contributed by atoms with Gasteiger partial charge in [-0.25, -0.2) is 13.4 Å². The van der Waals surface area contributed by atoms with Gasteiger partial charge in [0.05, 0.1) is 17.2 Å². The molecule has 3 N–H and O–H groups in total. The molecule has 1 aromatic carbocycles. The lowest BCUT2D eigenvalue weighted by molar-refractivity contribution is -0.139. The molecule has 0 saturated carbocycles. The van der Waals surface area contributed by atoms with E-state index in [2.05, 4.69) is 4.98 Å². The van der Waals surface area contributed by atoms with Gasteiger partial charge in [-0.05, 0) is 30.9 Å². The fourth-order valence-electron chi connectivity index (χ4n) is 2.28. The van der Waals surface area contributed by atoms with Gasteiger partial charge in [0.1, 0.15) is 0 Å². The number of hydrogen-bond acceptors (Lipinski definition) is 7. The Morgan fingerprint density at radius 1 is 1.36 bits per heavy atom. The Bertz CT molecular complexity index is 986. The summed E-state index contributed by atoms with van der Waals surface area (Å²) in [7, 11) is -5.59. The number of carboxylic acids is 1. The molecular weight excluding hydrogens is 351 g/mol. The molecule has 0 aliphatic heterocycles. The average Bonchev–Trinajstić information content (AvgIpc) is 2.52. The maximum atomic E-state index is 12.4. The number of aromatic nitrogens is 2. The number of rotatable bonds is 6. The highest BCUT2D eigenvalue weighted by atomic mass is 32.2. The molecule has 0 aliphatic rings. The second-order valence-corrected chi connectivity index (χ2v) is 8.40. The van der Waals surface area contributed by atoms with E-state index in [1.54, 1.807) is 0 Å². The monoisotopic (exact) mass is 368 g/mol. The van der Waals surface area contributed by atoms with E-state index in [0.717, 1.165) is 17.7 Å². The number of carbonyl (C=O) groups is 1. The summed E-state index contributed by atoms with van der Waals surface area (Å²) in [6.07, 6.45) is 1.70. The summed E-state index contributed by atoms with van der Waals surface area (Å²) in [5, 5.41) is 27.7. The van der Waals surface area contributed by atoms with Gasteiger partial charge in [0.15, 0.2) is 14.6 Å². The summed E-state index contributed by atoms with van der Waals surface area (Å²) in [6, 6.07) is 4.09. The van der Waals surface area contributed by atoms with Crippen molar-refractivity contribution in [3.05, 3.63) is 34.9 Å². The van der Waals surface area contributed by atoms with Gasteiger partial charge in [-0.15, -0.1) is 0 Å². The van der Waals surface area contributed by atoms with Crippen LogP contribution in [-0.2, 0) is 21.2 Å². The van der Waals surface area contributed by atoms with E-state index in [0.29, 0.717) is 0 Å². The fraction of sp³-hybridized carbons (Fsp3) is 0.357. The van der Waals surface area contributed by atoms with Gasteiger partial charge in [0.2, 0.25) is 0 Å². The molecule has 0 aliphatic carbocycles. The van der Waals surface area contributed by atoms with Gasteiger partial charge in [-0.2, -0.15) is 0 Å². The summed E-state index contributed by atoms with van der Waals surface area (Å²) in [5.41, 5.74) is -0.0612. The van der Waals surface area contributed by atoms with E-state index in [1.165, 1.54) is 24.5 Å². The maximum Gasteiger partial charge on any atom is 0.488 e. The number of aryl methyl sites for hydroxylation is 1. The third-order valence-electron chi connectivity index (χ3n) is 4.25. The van der Waals surface area contributed by atoms with E-state index in [9.17, 15) is 23.1 Å². The lowest BCUT2D eigenvalue weighted by Crippen LogP contribution is -2.44. The minimum absolute atomic E-state index is 0.151. The minimum Gasteiger partial charge on any atom is -0.480 e. The zero-order valence-electron chi connectivity index (χ0n) is 13.6. The van der Waals surface area contributed by atoms with Crippen molar-refractivity contribution < 1.29 is 28.4 Å². The number of aliphatic carboxylic acids is 1. The number of sulfone groups is 1. The Hall–Kier alpha value is -2.24. The normalized spacial score (nSPS) is 14.2. The lowest BCUT2D eigenvalue weighted by atomic mass is 9.80. The van der Waals surface area contributed by atoms with E-state index in [1.807, 2.05) is 0 Å². The second-order valence-electron chi connectivity index (χ2n) is 5.95. The molecule has 11 heteroatoms. The Kier molecular flexibility index (Phi) is 5.03. The highest BCUT2D eigenvalue weighted by Gasteiger charge is 2.43. The lowest BCUT2D eigenvalue weighted by Gasteiger charge is -2.22. The third-order valence-corrected chi connectivity index (χ3v) is 6.26. The van der Waals surface area contributed by atoms with E-state index >= 15 is 0 Å². The largest absolute Gasteiger partial charge is 0.488 e. The van der Waals surface area contributed by atoms with Crippen LogP contribution in [0.25, 0.3) is 10.9 Å². The third kappa shape index (κ3) is 3.58. The topological polar surface area (TPSA) is 147 Å². The van der Waals surface area contributed by atoms with Crippen LogP contribution < -0.4 is 11.0 Å². The first-order valence-electron chi connectivity index (χ1n) is 7.25. The molecule has 25 heavy (non-hydrogen) atoms. The van der Waals surface area contributed by atoms with Crippen molar-refractivity contribution in [1.29, 1.82) is 0 Å². The number of nitrogens with zero attached hydrogens (tertiary/aromatic N) is 2. The molecule has 0 amide bonds. The molecule has 1 unspecified atom stereocenters. The van der Waals surface area contributed by atoms with Crippen LogP contribution in [0.1, 0.15) is 13.3 Å². The predicted molar refractivity (Wildman–Crippen MR) is 91.3 cm³/mol. The van der Waals surface area contributed by atoms with Crippen LogP contribution in [-0.4, -0.2) is 57.2 Å². The molecule has 0 spiro atoms. The molecule has 0 radical (unpaired) electrons. The van der Waals surface area contributed by atoms with Gasteiger partial charge in [-0.3, -0.25) is 14.2 Å². The number of benzene rings is 1. The standard InChI is InChI=1S/C14H17BN2O7S/c1-14(13(19)20,25(2,23)24)5-6-17-8-16-11-7-9(15(21)22)3-4-10(11)12(17)18/h3-4,7-8,21-22H,5-6H2,1-2H3,(H,19,20). The molecule has 9 nitrogen and oxygen atoms in total. The van der Waals surface area contributed by atoms with Gasteiger partial charge in [-0.1, -0.05) is 6.07 Å². The molecule has 2 aromatic rings. The zero-order chi connectivity index (χ0) is 19.0. The first-order chi connectivity index (χ1) is 11.5. The molecular formula is C14H17BN2O7S. The minimum atomic E-state index is -3.90. The summed E-state index contributed by atoms with van der Waals surface area (Å²) < 4.78 is 22.7. The van der Waals surface area contributed by atoms with Crippen molar-refractivity contribution in [2.24, 2.45) is 0 Å². The molecule has 2 rings (SSSR count). The Morgan fingerprint density at radius 3 is 2.52 bits per heavy atom. The number of hydrogen-bond donors (Lipinski definition) is 3. The van der Waals surface area contributed by atoms with Crippen LogP contribution >= 0.6 is 0 Å². The molecule has 0 saturated heterocycles. The highest BCUT2D eigenvalue weighted by Crippen LogP contribution is 2.22. The summed E-state index contributed by atoms with van der Waals surface area (Å²) >= 11 is 0. The number of fused-ring (bicyclic) bond motifs is 1. The van der Waals surface area contributed by atoms with Gasteiger partial charge >= 0.3 is 13.1 Å². The number of carboxylic acid groups (broad SMARTS) is 1. The summed E-state index contributed by atoms with van der Waals surface area (Å²) in [6.45, 7) is 0.946. The fourth-order valence-corrected chi connectivity index (χ4v) is 3.06. The SMILES string of the molecule is CC(CCn1cnc2cc(B(O)O)ccc2c1=O)(C(=O)O)S(C)(=O)=O. The van der Waals surface area contributed by atoms with E-state index in [4.69, 9.17) is 10.0 Å². The highest BCUT2D eigenvalue weighted by molar-refractivity contribution is 7.92. The van der Waals surface area contributed by atoms with Gasteiger partial charge < -0.3 is 15.2 Å². The second kappa shape index (κ2) is 6.58. The molecule has 134 valence electrons. The van der Waals surface area contributed by atoms with Crippen molar-refractivity contribution in [3.8, 4) is 0 Å². The molecule has 1 atom stereocenters. The Labute approximate surface area is 143 Å². The van der Waals surface area contributed by atoms with Crippen LogP contribution in [0.3, 0.4) is 0 Å². The molecule has 0 fully saturated rings. The van der Waals surface area contributed by atoms with Gasteiger partial charge in [0.25, 0.3) is 5.56 Å². The predicted octanol–water partition coefficient (Wildman–Crippen LogP) is -1.65. The quantitative estimate of drug-likeness (QED) is 0.514. The van der Waals surface area contributed by atoms with Gasteiger partial charge in [0, 0.05) is 12.8 Å².